The SMILES string of the molecule is C1=CCC=CC(c2cc(-c3ccccc3)nc(-c3ccc4c(-c5ccc6c(c5)C5(CCCCC5)c5ccccc5-6)c5ccccc5c(-c5ccc6c(c5)C5(CCCCC5)c5ccccc5-6)c4c3)n2)=C1. The average molecular weight is 887 g/mol. The Hall–Kier alpha value is -7.42. The Labute approximate surface area is 405 Å². The van der Waals surface area contributed by atoms with Crippen LogP contribution in [0.1, 0.15) is 98.6 Å². The molecule has 2 saturated carbocycles. The minimum Gasteiger partial charge on any atom is -0.228 e. The number of benzene rings is 8. The van der Waals surface area contributed by atoms with Crippen LogP contribution < -0.4 is 0 Å². The highest BCUT2D eigenvalue weighted by molar-refractivity contribution is 6.22. The van der Waals surface area contributed by atoms with E-state index in [0.29, 0.717) is 0 Å². The van der Waals surface area contributed by atoms with E-state index in [1.807, 2.05) is 0 Å². The Balaban J connectivity index is 1.04. The smallest absolute Gasteiger partial charge is 0.160 e. The highest BCUT2D eigenvalue weighted by Crippen LogP contribution is 2.59. The Morgan fingerprint density at radius 1 is 0.362 bits per heavy atom. The molecule has 0 radical (unpaired) electrons. The van der Waals surface area contributed by atoms with Crippen LogP contribution in [-0.2, 0) is 10.8 Å². The van der Waals surface area contributed by atoms with Crippen molar-refractivity contribution in [2.75, 3.05) is 0 Å². The lowest BCUT2D eigenvalue weighted by atomic mass is 9.67. The summed E-state index contributed by atoms with van der Waals surface area (Å²) in [5.41, 5.74) is 22.1. The van der Waals surface area contributed by atoms with Crippen LogP contribution in [0.5, 0.6) is 0 Å². The third kappa shape index (κ3) is 6.31. The van der Waals surface area contributed by atoms with Crippen LogP contribution in [-0.4, -0.2) is 9.97 Å². The van der Waals surface area contributed by atoms with E-state index in [0.717, 1.165) is 40.3 Å². The third-order valence-corrected chi connectivity index (χ3v) is 16.9. The quantitative estimate of drug-likeness (QED) is 0.161. The van der Waals surface area contributed by atoms with Crippen molar-refractivity contribution in [2.24, 2.45) is 0 Å². The summed E-state index contributed by atoms with van der Waals surface area (Å²) in [7, 11) is 0. The van der Waals surface area contributed by atoms with Crippen LogP contribution in [0.25, 0.3) is 94.3 Å². The second-order valence-corrected chi connectivity index (χ2v) is 20.5. The molecule has 0 atom stereocenters. The zero-order chi connectivity index (χ0) is 45.5. The molecule has 0 bridgehead atoms. The second-order valence-electron chi connectivity index (χ2n) is 20.5. The normalized spacial score (nSPS) is 17.1. The summed E-state index contributed by atoms with van der Waals surface area (Å²) in [6, 6.07) is 62.6. The van der Waals surface area contributed by atoms with Gasteiger partial charge in [0, 0.05) is 22.0 Å². The van der Waals surface area contributed by atoms with Gasteiger partial charge in [-0.25, -0.2) is 9.97 Å². The lowest BCUT2D eigenvalue weighted by Crippen LogP contribution is -2.28. The Kier molecular flexibility index (Phi) is 9.48. The first-order valence-corrected chi connectivity index (χ1v) is 25.6. The molecule has 2 fully saturated rings. The fraction of sp³-hybridized carbons (Fsp3) is 0.194. The van der Waals surface area contributed by atoms with Gasteiger partial charge >= 0.3 is 0 Å². The van der Waals surface area contributed by atoms with Gasteiger partial charge in [0.1, 0.15) is 0 Å². The number of fused-ring (bicyclic) bond motifs is 12. The van der Waals surface area contributed by atoms with Crippen molar-refractivity contribution in [3.8, 4) is 67.2 Å². The van der Waals surface area contributed by atoms with Gasteiger partial charge in [-0.2, -0.15) is 0 Å². The van der Waals surface area contributed by atoms with Crippen LogP contribution >= 0.6 is 0 Å². The summed E-state index contributed by atoms with van der Waals surface area (Å²) in [5.74, 6) is 0.733. The molecule has 0 saturated heterocycles. The van der Waals surface area contributed by atoms with E-state index in [4.69, 9.17) is 9.97 Å². The van der Waals surface area contributed by atoms with Gasteiger partial charge in [0.15, 0.2) is 5.82 Å². The number of allylic oxidation sites excluding steroid dienone is 6. The lowest BCUT2D eigenvalue weighted by molar-refractivity contribution is 0.353. The van der Waals surface area contributed by atoms with Gasteiger partial charge in [-0.3, -0.25) is 0 Å². The van der Waals surface area contributed by atoms with Crippen LogP contribution in [0.2, 0.25) is 0 Å². The molecule has 0 amide bonds. The maximum atomic E-state index is 5.42. The first-order chi connectivity index (χ1) is 34.2. The highest BCUT2D eigenvalue weighted by Gasteiger charge is 2.45. The Morgan fingerprint density at radius 2 is 0.884 bits per heavy atom. The summed E-state index contributed by atoms with van der Waals surface area (Å²) in [6.07, 6.45) is 24.4. The molecular weight excluding hydrogens is 833 g/mol. The summed E-state index contributed by atoms with van der Waals surface area (Å²) >= 11 is 0. The molecule has 5 aliphatic carbocycles. The molecule has 0 unspecified atom stereocenters. The van der Waals surface area contributed by atoms with Crippen molar-refractivity contribution in [3.63, 3.8) is 0 Å². The maximum Gasteiger partial charge on any atom is 0.160 e. The summed E-state index contributed by atoms with van der Waals surface area (Å²) in [4.78, 5) is 10.8. The van der Waals surface area contributed by atoms with Crippen LogP contribution in [0.4, 0.5) is 0 Å². The van der Waals surface area contributed by atoms with Crippen molar-refractivity contribution >= 4 is 27.1 Å². The molecule has 0 N–H and O–H groups in total. The van der Waals surface area contributed by atoms with Crippen molar-refractivity contribution in [1.82, 2.24) is 9.97 Å². The zero-order valence-electron chi connectivity index (χ0n) is 39.1. The molecular formula is C67H54N2. The minimum atomic E-state index is 0.0480. The van der Waals surface area contributed by atoms with Crippen LogP contribution in [0.15, 0.2) is 194 Å². The predicted molar refractivity (Wildman–Crippen MR) is 288 cm³/mol. The molecule has 9 aromatic rings. The largest absolute Gasteiger partial charge is 0.228 e. The minimum absolute atomic E-state index is 0.0480. The van der Waals surface area contributed by atoms with Gasteiger partial charge in [0.25, 0.3) is 0 Å². The van der Waals surface area contributed by atoms with Crippen molar-refractivity contribution in [3.05, 3.63) is 222 Å². The van der Waals surface area contributed by atoms with Gasteiger partial charge in [0.2, 0.25) is 0 Å². The summed E-state index contributed by atoms with van der Waals surface area (Å²) in [6.45, 7) is 0. The first-order valence-electron chi connectivity index (χ1n) is 25.6. The topological polar surface area (TPSA) is 25.8 Å². The zero-order valence-corrected chi connectivity index (χ0v) is 39.1. The van der Waals surface area contributed by atoms with Gasteiger partial charge in [-0.1, -0.05) is 208 Å². The molecule has 332 valence electrons. The lowest BCUT2D eigenvalue weighted by Gasteiger charge is -2.36. The van der Waals surface area contributed by atoms with E-state index in [9.17, 15) is 0 Å². The first kappa shape index (κ1) is 40.6. The predicted octanol–water partition coefficient (Wildman–Crippen LogP) is 17.8. The molecule has 0 aliphatic heterocycles. The van der Waals surface area contributed by atoms with E-state index in [2.05, 4.69) is 194 Å². The summed E-state index contributed by atoms with van der Waals surface area (Å²) < 4.78 is 0. The molecule has 2 spiro atoms. The van der Waals surface area contributed by atoms with E-state index >= 15 is 0 Å². The highest BCUT2D eigenvalue weighted by atomic mass is 14.9. The molecule has 8 aromatic carbocycles. The van der Waals surface area contributed by atoms with Crippen LogP contribution in [0, 0.1) is 0 Å². The molecule has 2 nitrogen and oxygen atoms in total. The number of hydrogen-bond donors (Lipinski definition) is 0. The number of rotatable bonds is 5. The fourth-order valence-corrected chi connectivity index (χ4v) is 13.8. The fourth-order valence-electron chi connectivity index (χ4n) is 13.8. The van der Waals surface area contributed by atoms with Crippen molar-refractivity contribution < 1.29 is 0 Å². The summed E-state index contributed by atoms with van der Waals surface area (Å²) in [5, 5.41) is 5.07. The van der Waals surface area contributed by atoms with E-state index in [1.165, 1.54) is 153 Å². The number of aromatic nitrogens is 2. The molecule has 1 heterocycles. The number of nitrogens with zero attached hydrogens (tertiary/aromatic N) is 2. The average Bonchev–Trinajstić information content (AvgIpc) is 3.62. The van der Waals surface area contributed by atoms with E-state index in [-0.39, 0.29) is 10.8 Å². The monoisotopic (exact) mass is 886 g/mol. The van der Waals surface area contributed by atoms with Crippen molar-refractivity contribution in [1.29, 1.82) is 0 Å². The van der Waals surface area contributed by atoms with Gasteiger partial charge in [-0.15, -0.1) is 0 Å². The molecule has 69 heavy (non-hydrogen) atoms. The molecule has 14 rings (SSSR count). The maximum absolute atomic E-state index is 5.42. The van der Waals surface area contributed by atoms with E-state index < -0.39 is 0 Å². The molecule has 1 aromatic heterocycles. The Bertz CT molecular complexity index is 3650. The van der Waals surface area contributed by atoms with Crippen molar-refractivity contribution in [2.45, 2.75) is 81.5 Å². The van der Waals surface area contributed by atoms with E-state index in [1.54, 1.807) is 0 Å². The number of hydrogen-bond acceptors (Lipinski definition) is 2. The standard InChI is InChI=1S/C67H54N2/c1-2-7-21-44(20-6-1)61-43-62(45-22-8-3-9-23-45)69-65(68-61)48-32-35-55-56(40-48)64(47-31-34-52-50-25-13-15-29-58(50)67(60(52)42-47)38-18-5-19-39-67)54-27-11-10-26-53(54)63(55)46-30-33-51-49-24-12-14-28-57(49)66(59(51)41-46)36-16-4-17-37-66/h1,3,6-15,20-35,40-43H,2,4-5,16-19,36-39H2. The van der Waals surface area contributed by atoms with Gasteiger partial charge in [0.05, 0.1) is 11.4 Å². The van der Waals surface area contributed by atoms with Crippen LogP contribution in [0.3, 0.4) is 0 Å². The molecule has 5 aliphatic rings. The molecule has 2 heteroatoms. The van der Waals surface area contributed by atoms with Gasteiger partial charge < -0.3 is 0 Å². The van der Waals surface area contributed by atoms with Gasteiger partial charge in [-0.05, 0) is 150 Å². The Morgan fingerprint density at radius 3 is 1.52 bits per heavy atom. The third-order valence-electron chi connectivity index (χ3n) is 16.9. The second kappa shape index (κ2) is 16.1.